The van der Waals surface area contributed by atoms with E-state index in [1.165, 1.54) is 0 Å². The Morgan fingerprint density at radius 2 is 2.00 bits per heavy atom. The van der Waals surface area contributed by atoms with Crippen molar-refractivity contribution in [2.75, 3.05) is 6.61 Å². The Morgan fingerprint density at radius 1 is 1.25 bits per heavy atom. The predicted octanol–water partition coefficient (Wildman–Crippen LogP) is 1.61. The second-order valence-electron chi connectivity index (χ2n) is 1.72. The third-order valence-electron chi connectivity index (χ3n) is 0.965. The highest BCUT2D eigenvalue weighted by atomic mass is 16.2. The first-order valence-corrected chi connectivity index (χ1v) is 2.93. The molecule has 0 heterocycles. The number of hydrogen-bond donors (Lipinski definition) is 0. The van der Waals surface area contributed by atoms with E-state index in [0.29, 0.717) is 0 Å². The van der Waals surface area contributed by atoms with Crippen LogP contribution in [0.1, 0.15) is 25.7 Å². The highest BCUT2D eigenvalue weighted by molar-refractivity contribution is 4.82. The van der Waals surface area contributed by atoms with Crippen LogP contribution in [0.5, 0.6) is 0 Å². The summed E-state index contributed by atoms with van der Waals surface area (Å²) in [6, 6.07) is 0. The van der Waals surface area contributed by atoms with Crippen molar-refractivity contribution in [1.82, 2.24) is 0 Å². The molecular weight excluding hydrogens is 100 g/mol. The molecule has 0 aliphatic rings. The topological polar surface area (TPSA) is 19.9 Å². The van der Waals surface area contributed by atoms with Gasteiger partial charge >= 0.3 is 0 Å². The van der Waals surface area contributed by atoms with Gasteiger partial charge in [0.05, 0.1) is 6.61 Å². The average Bonchev–Trinajstić information content (AvgIpc) is 1.81. The lowest BCUT2D eigenvalue weighted by molar-refractivity contribution is 0.186. The summed E-state index contributed by atoms with van der Waals surface area (Å²) in [7, 11) is 0. The molecular formula is C7H11O. The second kappa shape index (κ2) is 6.52. The monoisotopic (exact) mass is 111 g/mol. The van der Waals surface area contributed by atoms with Crippen molar-refractivity contribution < 1.29 is 5.11 Å². The molecule has 0 aliphatic heterocycles. The molecule has 0 bridgehead atoms. The average molecular weight is 111 g/mol. The summed E-state index contributed by atoms with van der Waals surface area (Å²) >= 11 is 0. The fourth-order valence-electron chi connectivity index (χ4n) is 0.506. The van der Waals surface area contributed by atoms with Gasteiger partial charge in [-0.3, -0.25) is 0 Å². The summed E-state index contributed by atoms with van der Waals surface area (Å²) in [6.45, 7) is 0.0462. The third kappa shape index (κ3) is 5.52. The van der Waals surface area contributed by atoms with Crippen molar-refractivity contribution in [1.29, 1.82) is 0 Å². The summed E-state index contributed by atoms with van der Waals surface area (Å²) in [5.41, 5.74) is 0. The number of rotatable bonds is 4. The zero-order valence-corrected chi connectivity index (χ0v) is 5.02. The smallest absolute Gasteiger partial charge is 0.0822 e. The van der Waals surface area contributed by atoms with Crippen LogP contribution in [0.3, 0.4) is 0 Å². The largest absolute Gasteiger partial charge is 0.237 e. The van der Waals surface area contributed by atoms with Crippen molar-refractivity contribution in [2.45, 2.75) is 25.7 Å². The molecule has 1 radical (unpaired) electrons. The van der Waals surface area contributed by atoms with Crippen molar-refractivity contribution in [3.05, 3.63) is 0 Å². The number of hydrogen-bond acceptors (Lipinski definition) is 0. The molecule has 0 aromatic carbocycles. The van der Waals surface area contributed by atoms with Crippen LogP contribution in [0, 0.1) is 12.3 Å². The maximum absolute atomic E-state index is 9.84. The Morgan fingerprint density at radius 3 is 2.50 bits per heavy atom. The van der Waals surface area contributed by atoms with Gasteiger partial charge in [-0.2, -0.15) is 0 Å². The summed E-state index contributed by atoms with van der Waals surface area (Å²) in [5.74, 6) is 2.52. The van der Waals surface area contributed by atoms with Gasteiger partial charge in [0, 0.05) is 6.42 Å². The Hall–Kier alpha value is -0.480. The molecule has 1 nitrogen and oxygen atoms in total. The van der Waals surface area contributed by atoms with Crippen LogP contribution in [-0.4, -0.2) is 6.61 Å². The van der Waals surface area contributed by atoms with Gasteiger partial charge in [-0.25, -0.2) is 5.11 Å². The van der Waals surface area contributed by atoms with Crippen molar-refractivity contribution in [2.24, 2.45) is 0 Å². The Labute approximate surface area is 50.7 Å². The molecule has 0 rings (SSSR count). The lowest BCUT2D eigenvalue weighted by atomic mass is 10.2. The van der Waals surface area contributed by atoms with Crippen molar-refractivity contribution >= 4 is 0 Å². The first-order chi connectivity index (χ1) is 3.91. The molecule has 0 N–H and O–H groups in total. The minimum absolute atomic E-state index is 0.0462. The summed E-state index contributed by atoms with van der Waals surface area (Å²) in [4.78, 5) is 0. The lowest BCUT2D eigenvalue weighted by Crippen LogP contribution is -1.79. The molecule has 1 heteroatoms. The van der Waals surface area contributed by atoms with Crippen LogP contribution in [0.25, 0.3) is 0 Å². The van der Waals surface area contributed by atoms with Gasteiger partial charge in [0.25, 0.3) is 0 Å². The standard InChI is InChI=1S/C7H11O/c1-2-3-4-5-6-7-8/h1H,3-7H2. The summed E-state index contributed by atoms with van der Waals surface area (Å²) < 4.78 is 0. The molecule has 0 saturated heterocycles. The van der Waals surface area contributed by atoms with E-state index < -0.39 is 0 Å². The van der Waals surface area contributed by atoms with E-state index in [-0.39, 0.29) is 6.61 Å². The molecule has 45 valence electrons. The molecule has 0 aliphatic carbocycles. The number of terminal acetylenes is 1. The summed E-state index contributed by atoms with van der Waals surface area (Å²) in [6.07, 6.45) is 8.59. The van der Waals surface area contributed by atoms with Crippen molar-refractivity contribution in [3.8, 4) is 12.3 Å². The van der Waals surface area contributed by atoms with E-state index >= 15 is 0 Å². The molecule has 0 atom stereocenters. The predicted molar refractivity (Wildman–Crippen MR) is 32.9 cm³/mol. The zero-order valence-electron chi connectivity index (χ0n) is 5.02. The molecule has 0 amide bonds. The fraction of sp³-hybridized carbons (Fsp3) is 0.714. The van der Waals surface area contributed by atoms with Crippen LogP contribution in [0.4, 0.5) is 0 Å². The van der Waals surface area contributed by atoms with Gasteiger partial charge in [0.2, 0.25) is 0 Å². The lowest BCUT2D eigenvalue weighted by Gasteiger charge is -1.89. The fourth-order valence-corrected chi connectivity index (χ4v) is 0.506. The van der Waals surface area contributed by atoms with Crippen LogP contribution in [0.15, 0.2) is 0 Å². The third-order valence-corrected chi connectivity index (χ3v) is 0.965. The molecule has 0 aromatic heterocycles. The zero-order chi connectivity index (χ0) is 6.24. The minimum atomic E-state index is 0.0462. The maximum atomic E-state index is 9.84. The van der Waals surface area contributed by atoms with Crippen LogP contribution < -0.4 is 0 Å². The Balaban J connectivity index is 2.65. The van der Waals surface area contributed by atoms with Crippen molar-refractivity contribution in [3.63, 3.8) is 0 Å². The number of unbranched alkanes of at least 4 members (excludes halogenated alkanes) is 3. The molecule has 0 spiro atoms. The van der Waals surface area contributed by atoms with Crippen LogP contribution in [-0.2, 0) is 5.11 Å². The molecule has 0 unspecified atom stereocenters. The van der Waals surface area contributed by atoms with E-state index in [4.69, 9.17) is 6.42 Å². The molecule has 8 heavy (non-hydrogen) atoms. The van der Waals surface area contributed by atoms with E-state index in [2.05, 4.69) is 5.92 Å². The Kier molecular flexibility index (Phi) is 6.13. The minimum Gasteiger partial charge on any atom is -0.237 e. The molecule has 0 saturated carbocycles. The van der Waals surface area contributed by atoms with Gasteiger partial charge in [0.15, 0.2) is 0 Å². The van der Waals surface area contributed by atoms with Gasteiger partial charge in [0.1, 0.15) is 0 Å². The first-order valence-electron chi connectivity index (χ1n) is 2.93. The SMILES string of the molecule is C#CCCCCC[O]. The normalized spacial score (nSPS) is 8.50. The quantitative estimate of drug-likeness (QED) is 0.388. The highest BCUT2D eigenvalue weighted by Crippen LogP contribution is 1.96. The van der Waals surface area contributed by atoms with E-state index in [1.807, 2.05) is 0 Å². The highest BCUT2D eigenvalue weighted by Gasteiger charge is 1.83. The molecule has 0 fully saturated rings. The van der Waals surface area contributed by atoms with Gasteiger partial charge in [-0.15, -0.1) is 12.3 Å². The van der Waals surface area contributed by atoms with E-state index in [1.54, 1.807) is 0 Å². The Bertz CT molecular complexity index is 70.9. The summed E-state index contributed by atoms with van der Waals surface area (Å²) in [5, 5.41) is 9.84. The van der Waals surface area contributed by atoms with Crippen LogP contribution >= 0.6 is 0 Å². The van der Waals surface area contributed by atoms with Crippen LogP contribution in [0.2, 0.25) is 0 Å². The van der Waals surface area contributed by atoms with E-state index in [9.17, 15) is 5.11 Å². The second-order valence-corrected chi connectivity index (χ2v) is 1.72. The first kappa shape index (κ1) is 7.52. The van der Waals surface area contributed by atoms with Gasteiger partial charge in [-0.05, 0) is 12.8 Å². The van der Waals surface area contributed by atoms with Gasteiger partial charge in [-0.1, -0.05) is 6.42 Å². The maximum Gasteiger partial charge on any atom is 0.0822 e. The van der Waals surface area contributed by atoms with Gasteiger partial charge < -0.3 is 0 Å². The van der Waals surface area contributed by atoms with E-state index in [0.717, 1.165) is 25.7 Å². The molecule has 0 aromatic rings.